The van der Waals surface area contributed by atoms with E-state index in [2.05, 4.69) is 0 Å². The Balaban J connectivity index is 2.69. The molecule has 0 heterocycles. The number of carboxylic acids is 1. The van der Waals surface area contributed by atoms with Crippen molar-refractivity contribution < 1.29 is 9.90 Å². The second kappa shape index (κ2) is 3.66. The highest BCUT2D eigenvalue weighted by Gasteiger charge is 2.43. The van der Waals surface area contributed by atoms with Gasteiger partial charge in [-0.25, -0.2) is 0 Å². The fraction of sp³-hybridized carbons (Fsp3) is 0.900. The zero-order chi connectivity index (χ0) is 10.1. The zero-order valence-corrected chi connectivity index (χ0v) is 8.71. The normalized spacial score (nSPS) is 21.5. The molecule has 0 aromatic carbocycles. The lowest BCUT2D eigenvalue weighted by Gasteiger charge is -2.35. The predicted molar refractivity (Wildman–Crippen MR) is 51.7 cm³/mol. The molecular weight excluding hydrogens is 166 g/mol. The minimum absolute atomic E-state index is 0.507. The van der Waals surface area contributed by atoms with E-state index in [1.54, 1.807) is 0 Å². The van der Waals surface area contributed by atoms with Crippen LogP contribution in [0.25, 0.3) is 0 Å². The number of nitrogens with zero attached hydrogens (tertiary/aromatic N) is 1. The van der Waals surface area contributed by atoms with E-state index in [1.165, 1.54) is 0 Å². The van der Waals surface area contributed by atoms with Gasteiger partial charge >= 0.3 is 5.97 Å². The van der Waals surface area contributed by atoms with Crippen molar-refractivity contribution in [3.05, 3.63) is 0 Å². The second-order valence-corrected chi connectivity index (χ2v) is 4.17. The van der Waals surface area contributed by atoms with Crippen molar-refractivity contribution in [1.29, 1.82) is 0 Å². The molecule has 1 fully saturated rings. The number of aliphatic carboxylic acids is 1. The number of hydrogen-bond acceptors (Lipinski definition) is 2. The summed E-state index contributed by atoms with van der Waals surface area (Å²) in [6.07, 6.45) is 3.96. The van der Waals surface area contributed by atoms with Crippen LogP contribution in [-0.4, -0.2) is 34.6 Å². The van der Waals surface area contributed by atoms with Crippen molar-refractivity contribution in [3.8, 4) is 0 Å². The Morgan fingerprint density at radius 1 is 1.62 bits per heavy atom. The van der Waals surface area contributed by atoms with Crippen molar-refractivity contribution in [2.45, 2.75) is 51.1 Å². The minimum atomic E-state index is -0.691. The molecule has 0 spiro atoms. The third kappa shape index (κ3) is 2.02. The average Bonchev–Trinajstić information content (AvgIpc) is 2.85. The van der Waals surface area contributed by atoms with Gasteiger partial charge in [0.25, 0.3) is 0 Å². The highest BCUT2D eigenvalue weighted by molar-refractivity contribution is 5.78. The summed E-state index contributed by atoms with van der Waals surface area (Å²) in [5.41, 5.74) is -0.657. The molecule has 1 saturated carbocycles. The number of carboxylic acid groups (broad SMARTS) is 1. The number of rotatable bonds is 5. The van der Waals surface area contributed by atoms with Gasteiger partial charge < -0.3 is 5.11 Å². The Kier molecular flexibility index (Phi) is 2.96. The highest BCUT2D eigenvalue weighted by atomic mass is 16.4. The minimum Gasteiger partial charge on any atom is -0.480 e. The van der Waals surface area contributed by atoms with Crippen molar-refractivity contribution in [2.75, 3.05) is 7.05 Å². The summed E-state index contributed by atoms with van der Waals surface area (Å²) in [6.45, 7) is 3.86. The standard InChI is InChI=1S/C10H19NO2/c1-4-7-10(2,9(12)13)11(3)8-5-6-8/h8H,4-7H2,1-3H3,(H,12,13). The molecule has 3 heteroatoms. The van der Waals surface area contributed by atoms with Crippen LogP contribution in [-0.2, 0) is 4.79 Å². The van der Waals surface area contributed by atoms with Gasteiger partial charge in [-0.2, -0.15) is 0 Å². The van der Waals surface area contributed by atoms with Crippen molar-refractivity contribution >= 4 is 5.97 Å². The molecule has 0 aromatic rings. The predicted octanol–water partition coefficient (Wildman–Crippen LogP) is 1.72. The molecule has 1 atom stereocenters. The molecule has 1 N–H and O–H groups in total. The quantitative estimate of drug-likeness (QED) is 0.709. The lowest BCUT2D eigenvalue weighted by atomic mass is 9.94. The fourth-order valence-corrected chi connectivity index (χ4v) is 1.79. The Labute approximate surface area is 79.7 Å². The molecule has 1 unspecified atom stereocenters. The summed E-state index contributed by atoms with van der Waals surface area (Å²) in [5, 5.41) is 9.17. The van der Waals surface area contributed by atoms with Crippen molar-refractivity contribution in [3.63, 3.8) is 0 Å². The molecule has 0 radical (unpaired) electrons. The van der Waals surface area contributed by atoms with Crippen molar-refractivity contribution in [2.24, 2.45) is 0 Å². The highest BCUT2D eigenvalue weighted by Crippen LogP contribution is 2.33. The molecule has 0 bridgehead atoms. The van der Waals surface area contributed by atoms with Gasteiger partial charge in [0.2, 0.25) is 0 Å². The van der Waals surface area contributed by atoms with Gasteiger partial charge in [0.15, 0.2) is 0 Å². The topological polar surface area (TPSA) is 40.5 Å². The number of hydrogen-bond donors (Lipinski definition) is 1. The molecule has 1 aliphatic rings. The first-order valence-electron chi connectivity index (χ1n) is 4.98. The monoisotopic (exact) mass is 185 g/mol. The summed E-state index contributed by atoms with van der Waals surface area (Å²) < 4.78 is 0. The first kappa shape index (κ1) is 10.5. The maximum atomic E-state index is 11.1. The van der Waals surface area contributed by atoms with Crippen LogP contribution in [0.3, 0.4) is 0 Å². The molecule has 0 aromatic heterocycles. The molecule has 1 rings (SSSR count). The zero-order valence-electron chi connectivity index (χ0n) is 8.71. The molecule has 0 saturated heterocycles. The van der Waals surface area contributed by atoms with Crippen molar-refractivity contribution in [1.82, 2.24) is 4.90 Å². The van der Waals surface area contributed by atoms with E-state index in [1.807, 2.05) is 25.8 Å². The van der Waals surface area contributed by atoms with E-state index in [4.69, 9.17) is 5.11 Å². The van der Waals surface area contributed by atoms with E-state index >= 15 is 0 Å². The summed E-state index contributed by atoms with van der Waals surface area (Å²) in [6, 6.07) is 0.507. The van der Waals surface area contributed by atoms with E-state index in [9.17, 15) is 4.79 Å². The van der Waals surface area contributed by atoms with Crippen LogP contribution in [0.4, 0.5) is 0 Å². The molecule has 13 heavy (non-hydrogen) atoms. The first-order chi connectivity index (χ1) is 6.02. The summed E-state index contributed by atoms with van der Waals surface area (Å²) >= 11 is 0. The van der Waals surface area contributed by atoms with Crippen LogP contribution < -0.4 is 0 Å². The molecule has 0 aliphatic heterocycles. The fourth-order valence-electron chi connectivity index (χ4n) is 1.79. The van der Waals surface area contributed by atoms with Gasteiger partial charge in [-0.1, -0.05) is 13.3 Å². The summed E-state index contributed by atoms with van der Waals surface area (Å²) in [4.78, 5) is 13.2. The molecule has 3 nitrogen and oxygen atoms in total. The molecule has 1 aliphatic carbocycles. The maximum absolute atomic E-state index is 11.1. The molecule has 0 amide bonds. The molecule has 76 valence electrons. The Bertz CT molecular complexity index is 201. The Morgan fingerprint density at radius 2 is 2.15 bits per heavy atom. The van der Waals surface area contributed by atoms with Gasteiger partial charge in [-0.3, -0.25) is 9.69 Å². The van der Waals surface area contributed by atoms with E-state index in [-0.39, 0.29) is 0 Å². The maximum Gasteiger partial charge on any atom is 0.323 e. The first-order valence-corrected chi connectivity index (χ1v) is 4.98. The van der Waals surface area contributed by atoms with Gasteiger partial charge in [0.1, 0.15) is 5.54 Å². The third-order valence-corrected chi connectivity index (χ3v) is 3.07. The number of likely N-dealkylation sites (N-methyl/N-ethyl adjacent to an activating group) is 1. The van der Waals surface area contributed by atoms with Crippen LogP contribution in [0.15, 0.2) is 0 Å². The van der Waals surface area contributed by atoms with E-state index < -0.39 is 11.5 Å². The smallest absolute Gasteiger partial charge is 0.323 e. The SMILES string of the molecule is CCCC(C)(C(=O)O)N(C)C1CC1. The van der Waals surface area contributed by atoms with Crippen LogP contribution >= 0.6 is 0 Å². The van der Waals surface area contributed by atoms with E-state index in [0.29, 0.717) is 6.04 Å². The van der Waals surface area contributed by atoms with Gasteiger partial charge in [-0.15, -0.1) is 0 Å². The lowest BCUT2D eigenvalue weighted by Crippen LogP contribution is -2.51. The van der Waals surface area contributed by atoms with Gasteiger partial charge in [-0.05, 0) is 33.2 Å². The van der Waals surface area contributed by atoms with E-state index in [0.717, 1.165) is 25.7 Å². The summed E-state index contributed by atoms with van der Waals surface area (Å²) in [5.74, 6) is -0.691. The van der Waals surface area contributed by atoms with Gasteiger partial charge in [0.05, 0.1) is 0 Å². The lowest BCUT2D eigenvalue weighted by molar-refractivity contribution is -0.150. The average molecular weight is 185 g/mol. The van der Waals surface area contributed by atoms with Crippen LogP contribution in [0.1, 0.15) is 39.5 Å². The van der Waals surface area contributed by atoms with Gasteiger partial charge in [0, 0.05) is 6.04 Å². The second-order valence-electron chi connectivity index (χ2n) is 4.17. The van der Waals surface area contributed by atoms with Crippen LogP contribution in [0.5, 0.6) is 0 Å². The van der Waals surface area contributed by atoms with Crippen LogP contribution in [0, 0.1) is 0 Å². The third-order valence-electron chi connectivity index (χ3n) is 3.07. The molecular formula is C10H19NO2. The largest absolute Gasteiger partial charge is 0.480 e. The number of carbonyl (C=O) groups is 1. The van der Waals surface area contributed by atoms with Crippen LogP contribution in [0.2, 0.25) is 0 Å². The Morgan fingerprint density at radius 3 is 2.46 bits per heavy atom. The Hall–Kier alpha value is -0.570. The summed E-state index contributed by atoms with van der Waals surface area (Å²) in [7, 11) is 1.93.